The molecule has 0 spiro atoms. The lowest BCUT2D eigenvalue weighted by Crippen LogP contribution is -2.50. The molecule has 0 saturated carbocycles. The van der Waals surface area contributed by atoms with Gasteiger partial charge in [-0.05, 0) is 38.1 Å². The first-order chi connectivity index (χ1) is 9.93. The van der Waals surface area contributed by atoms with Crippen molar-refractivity contribution < 1.29 is 18.6 Å². The standard InChI is InChI=1S/C17H32O4Si/c1-12-13(21-22(7,8)16(2,3)4)9-10-18-15(12)14-11-19-17(5,6)20-14/h9-10,12-15H,11H2,1-8H3/t12-,13?,14+,15+/m0/s1. The lowest BCUT2D eigenvalue weighted by Gasteiger charge is -2.43. The zero-order chi connectivity index (χ0) is 16.8. The highest BCUT2D eigenvalue weighted by molar-refractivity contribution is 6.74. The Kier molecular flexibility index (Phi) is 4.85. The van der Waals surface area contributed by atoms with Crippen LogP contribution in [0.2, 0.25) is 18.1 Å². The van der Waals surface area contributed by atoms with Gasteiger partial charge in [0.1, 0.15) is 12.2 Å². The van der Waals surface area contributed by atoms with E-state index in [0.29, 0.717) is 6.61 Å². The van der Waals surface area contributed by atoms with Crippen LogP contribution >= 0.6 is 0 Å². The summed E-state index contributed by atoms with van der Waals surface area (Å²) in [6.07, 6.45) is 3.83. The molecule has 0 aromatic carbocycles. The van der Waals surface area contributed by atoms with Crippen LogP contribution in [0.5, 0.6) is 0 Å². The summed E-state index contributed by atoms with van der Waals surface area (Å²) in [7, 11) is -1.81. The Hall–Kier alpha value is -0.363. The van der Waals surface area contributed by atoms with Crippen molar-refractivity contribution in [2.75, 3.05) is 6.61 Å². The van der Waals surface area contributed by atoms with Gasteiger partial charge < -0.3 is 18.6 Å². The molecular weight excluding hydrogens is 296 g/mol. The van der Waals surface area contributed by atoms with Crippen LogP contribution < -0.4 is 0 Å². The zero-order valence-corrected chi connectivity index (χ0v) is 16.3. The van der Waals surface area contributed by atoms with Crippen molar-refractivity contribution >= 4 is 8.32 Å². The second kappa shape index (κ2) is 5.93. The maximum absolute atomic E-state index is 6.57. The first-order valence-electron chi connectivity index (χ1n) is 8.25. The molecule has 4 nitrogen and oxygen atoms in total. The van der Waals surface area contributed by atoms with Crippen molar-refractivity contribution in [3.05, 3.63) is 12.3 Å². The van der Waals surface area contributed by atoms with Crippen LogP contribution in [-0.4, -0.2) is 39.0 Å². The Morgan fingerprint density at radius 1 is 1.23 bits per heavy atom. The molecule has 1 unspecified atom stereocenters. The van der Waals surface area contributed by atoms with Gasteiger partial charge in [-0.3, -0.25) is 0 Å². The van der Waals surface area contributed by atoms with Gasteiger partial charge in [0.2, 0.25) is 0 Å². The molecule has 1 fully saturated rings. The summed E-state index contributed by atoms with van der Waals surface area (Å²) >= 11 is 0. The number of rotatable bonds is 3. The van der Waals surface area contributed by atoms with E-state index in [9.17, 15) is 0 Å². The molecule has 0 aromatic heterocycles. The molecule has 0 aliphatic carbocycles. The van der Waals surface area contributed by atoms with E-state index in [1.165, 1.54) is 0 Å². The molecule has 2 aliphatic heterocycles. The van der Waals surface area contributed by atoms with Gasteiger partial charge in [0, 0.05) is 5.92 Å². The predicted octanol–water partition coefficient (Wildman–Crippen LogP) is 4.08. The highest BCUT2D eigenvalue weighted by atomic mass is 28.4. The van der Waals surface area contributed by atoms with E-state index >= 15 is 0 Å². The van der Waals surface area contributed by atoms with Gasteiger partial charge in [-0.25, -0.2) is 0 Å². The van der Waals surface area contributed by atoms with Gasteiger partial charge in [-0.15, -0.1) is 0 Å². The van der Waals surface area contributed by atoms with E-state index in [-0.39, 0.29) is 29.3 Å². The quantitative estimate of drug-likeness (QED) is 0.732. The summed E-state index contributed by atoms with van der Waals surface area (Å²) in [4.78, 5) is 0. The first kappa shape index (κ1) is 18.0. The molecule has 0 bridgehead atoms. The molecule has 0 amide bonds. The normalized spacial score (nSPS) is 35.5. The number of ether oxygens (including phenoxy) is 3. The average Bonchev–Trinajstić information content (AvgIpc) is 2.70. The summed E-state index contributed by atoms with van der Waals surface area (Å²) in [5, 5.41) is 0.198. The van der Waals surface area contributed by atoms with Crippen LogP contribution in [0.25, 0.3) is 0 Å². The molecule has 2 rings (SSSR count). The van der Waals surface area contributed by atoms with E-state index in [4.69, 9.17) is 18.6 Å². The zero-order valence-electron chi connectivity index (χ0n) is 15.3. The summed E-state index contributed by atoms with van der Waals surface area (Å²) in [5.41, 5.74) is 0. The van der Waals surface area contributed by atoms with E-state index in [2.05, 4.69) is 40.8 Å². The fourth-order valence-corrected chi connectivity index (χ4v) is 3.99. The van der Waals surface area contributed by atoms with Crippen molar-refractivity contribution in [2.24, 2.45) is 5.92 Å². The van der Waals surface area contributed by atoms with Crippen LogP contribution in [0.3, 0.4) is 0 Å². The third-order valence-corrected chi connectivity index (χ3v) is 9.65. The smallest absolute Gasteiger partial charge is 0.192 e. The first-order valence-corrected chi connectivity index (χ1v) is 11.2. The molecular formula is C17H32O4Si. The highest BCUT2D eigenvalue weighted by Gasteiger charge is 2.46. The Labute approximate surface area is 136 Å². The van der Waals surface area contributed by atoms with Crippen molar-refractivity contribution in [1.29, 1.82) is 0 Å². The lowest BCUT2D eigenvalue weighted by molar-refractivity contribution is -0.160. The van der Waals surface area contributed by atoms with Gasteiger partial charge in [-0.1, -0.05) is 27.7 Å². The predicted molar refractivity (Wildman–Crippen MR) is 90.2 cm³/mol. The minimum absolute atomic E-state index is 0.0263. The molecule has 4 atom stereocenters. The Balaban J connectivity index is 2.06. The van der Waals surface area contributed by atoms with Gasteiger partial charge >= 0.3 is 0 Å². The van der Waals surface area contributed by atoms with Crippen molar-refractivity contribution in [1.82, 2.24) is 0 Å². The topological polar surface area (TPSA) is 36.9 Å². The largest absolute Gasteiger partial charge is 0.495 e. The van der Waals surface area contributed by atoms with Crippen molar-refractivity contribution in [3.8, 4) is 0 Å². The monoisotopic (exact) mass is 328 g/mol. The second-order valence-electron chi connectivity index (χ2n) is 8.50. The average molecular weight is 329 g/mol. The minimum atomic E-state index is -1.81. The van der Waals surface area contributed by atoms with E-state index in [0.717, 1.165) is 0 Å². The molecule has 1 saturated heterocycles. The minimum Gasteiger partial charge on any atom is -0.495 e. The fourth-order valence-electron chi connectivity index (χ4n) is 2.67. The van der Waals surface area contributed by atoms with Crippen LogP contribution in [0.15, 0.2) is 12.3 Å². The summed E-state index contributed by atoms with van der Waals surface area (Å²) in [6.45, 7) is 18.0. The summed E-state index contributed by atoms with van der Waals surface area (Å²) < 4.78 is 24.1. The SMILES string of the molecule is C[C@H]1C(O[Si](C)(C)C(C)(C)C)C=CO[C@H]1[C@H]1COC(C)(C)O1. The van der Waals surface area contributed by atoms with E-state index in [1.807, 2.05) is 19.9 Å². The Morgan fingerprint density at radius 2 is 1.86 bits per heavy atom. The second-order valence-corrected chi connectivity index (χ2v) is 13.3. The molecule has 128 valence electrons. The van der Waals surface area contributed by atoms with E-state index in [1.54, 1.807) is 6.26 Å². The molecule has 2 heterocycles. The molecule has 0 N–H and O–H groups in total. The fraction of sp³-hybridized carbons (Fsp3) is 0.882. The van der Waals surface area contributed by atoms with Crippen LogP contribution in [0.4, 0.5) is 0 Å². The Bertz CT molecular complexity index is 425. The van der Waals surface area contributed by atoms with Crippen LogP contribution in [-0.2, 0) is 18.6 Å². The molecule has 5 heteroatoms. The number of hydrogen-bond acceptors (Lipinski definition) is 4. The Morgan fingerprint density at radius 3 is 2.36 bits per heavy atom. The van der Waals surface area contributed by atoms with E-state index < -0.39 is 14.1 Å². The number of hydrogen-bond donors (Lipinski definition) is 0. The van der Waals surface area contributed by atoms with Gasteiger partial charge in [-0.2, -0.15) is 0 Å². The van der Waals surface area contributed by atoms with Gasteiger partial charge in [0.15, 0.2) is 14.1 Å². The van der Waals surface area contributed by atoms with Crippen molar-refractivity contribution in [3.63, 3.8) is 0 Å². The summed E-state index contributed by atoms with van der Waals surface area (Å²) in [6, 6.07) is 0. The third-order valence-electron chi connectivity index (χ3n) is 5.17. The maximum Gasteiger partial charge on any atom is 0.192 e. The molecule has 0 radical (unpaired) electrons. The summed E-state index contributed by atoms with van der Waals surface area (Å²) in [5.74, 6) is -0.286. The third kappa shape index (κ3) is 3.75. The van der Waals surface area contributed by atoms with Crippen molar-refractivity contribution in [2.45, 2.75) is 83.8 Å². The maximum atomic E-state index is 6.57. The highest BCUT2D eigenvalue weighted by Crippen LogP contribution is 2.40. The van der Waals surface area contributed by atoms with Crippen LogP contribution in [0.1, 0.15) is 41.5 Å². The molecule has 0 aromatic rings. The molecule has 2 aliphatic rings. The van der Waals surface area contributed by atoms with Gasteiger partial charge in [0.25, 0.3) is 0 Å². The lowest BCUT2D eigenvalue weighted by atomic mass is 9.92. The van der Waals surface area contributed by atoms with Crippen LogP contribution in [0, 0.1) is 5.92 Å². The van der Waals surface area contributed by atoms with Gasteiger partial charge in [0.05, 0.1) is 19.0 Å². The molecule has 22 heavy (non-hydrogen) atoms.